The molecule has 0 N–H and O–H groups in total. The summed E-state index contributed by atoms with van der Waals surface area (Å²) in [5.41, 5.74) is 1.74. The van der Waals surface area contributed by atoms with Gasteiger partial charge in [0.2, 0.25) is 0 Å². The van der Waals surface area contributed by atoms with Crippen LogP contribution in [0.2, 0.25) is 0 Å². The highest BCUT2D eigenvalue weighted by molar-refractivity contribution is 5.87. The van der Waals surface area contributed by atoms with E-state index < -0.39 is 0 Å². The van der Waals surface area contributed by atoms with Gasteiger partial charge in [-0.05, 0) is 68.1 Å². The molecule has 0 spiro atoms. The summed E-state index contributed by atoms with van der Waals surface area (Å²) in [6, 6.07) is 0. The molecule has 3 saturated carbocycles. The Balaban J connectivity index is 1.39. The summed E-state index contributed by atoms with van der Waals surface area (Å²) in [6.45, 7) is 6.91. The average molecular weight is 401 g/mol. The van der Waals surface area contributed by atoms with Crippen LogP contribution in [0.15, 0.2) is 11.6 Å². The lowest BCUT2D eigenvalue weighted by molar-refractivity contribution is -0.151. The van der Waals surface area contributed by atoms with Gasteiger partial charge in [0.1, 0.15) is 11.9 Å². The molecule has 3 heteroatoms. The first kappa shape index (κ1) is 21.1. The molecule has 4 aliphatic carbocycles. The molecule has 0 bridgehead atoms. The summed E-state index contributed by atoms with van der Waals surface area (Å²) >= 11 is 0. The Morgan fingerprint density at radius 2 is 1.83 bits per heavy atom. The van der Waals surface area contributed by atoms with Gasteiger partial charge in [-0.25, -0.2) is 0 Å². The molecule has 0 radical (unpaired) electrons. The quantitative estimate of drug-likeness (QED) is 0.294. The highest BCUT2D eigenvalue weighted by Crippen LogP contribution is 2.64. The molecule has 0 heterocycles. The van der Waals surface area contributed by atoms with Crippen LogP contribution in [-0.4, -0.2) is 17.9 Å². The van der Waals surface area contributed by atoms with Crippen LogP contribution >= 0.6 is 0 Å². The molecule has 0 aromatic heterocycles. The van der Waals surface area contributed by atoms with E-state index in [0.717, 1.165) is 57.8 Å². The Labute approximate surface area is 177 Å². The van der Waals surface area contributed by atoms with E-state index >= 15 is 0 Å². The van der Waals surface area contributed by atoms with Crippen LogP contribution in [0.5, 0.6) is 0 Å². The fourth-order valence-electron chi connectivity index (χ4n) is 7.44. The second kappa shape index (κ2) is 8.19. The second-order valence-corrected chi connectivity index (χ2v) is 10.8. The van der Waals surface area contributed by atoms with Crippen molar-refractivity contribution in [1.82, 2.24) is 0 Å². The Bertz CT molecular complexity index is 679. The molecular weight excluding hydrogens is 360 g/mol. The minimum atomic E-state index is -0.0482. The molecule has 0 saturated heterocycles. The fraction of sp³-hybridized carbons (Fsp3) is 0.846. The molecule has 4 rings (SSSR count). The van der Waals surface area contributed by atoms with E-state index in [9.17, 15) is 9.59 Å². The molecule has 162 valence electrons. The number of esters is 1. The van der Waals surface area contributed by atoms with Crippen molar-refractivity contribution in [3.63, 3.8) is 0 Å². The van der Waals surface area contributed by atoms with Crippen LogP contribution in [0.4, 0.5) is 0 Å². The molecule has 3 nitrogen and oxygen atoms in total. The average Bonchev–Trinajstić information content (AvgIpc) is 3.00. The lowest BCUT2D eigenvalue weighted by Crippen LogP contribution is -2.50. The van der Waals surface area contributed by atoms with Crippen molar-refractivity contribution in [2.24, 2.45) is 28.6 Å². The molecule has 6 atom stereocenters. The van der Waals surface area contributed by atoms with Gasteiger partial charge in [-0.1, -0.05) is 51.7 Å². The van der Waals surface area contributed by atoms with Gasteiger partial charge in [0.25, 0.3) is 0 Å². The van der Waals surface area contributed by atoms with Gasteiger partial charge in [-0.2, -0.15) is 0 Å². The number of ether oxygens (including phenoxy) is 1. The van der Waals surface area contributed by atoms with Crippen LogP contribution in [0.3, 0.4) is 0 Å². The third kappa shape index (κ3) is 3.72. The normalized spacial score (nSPS) is 41.2. The zero-order valence-corrected chi connectivity index (χ0v) is 18.8. The number of allylic oxidation sites excluding steroid dienone is 1. The molecule has 3 fully saturated rings. The van der Waals surface area contributed by atoms with Crippen LogP contribution in [0.25, 0.3) is 0 Å². The van der Waals surface area contributed by atoms with E-state index in [4.69, 9.17) is 4.74 Å². The monoisotopic (exact) mass is 400 g/mol. The number of Topliss-reactive ketones (excluding diaryl/α,β-unsaturated/α-hetero) is 1. The van der Waals surface area contributed by atoms with Crippen LogP contribution in [0.1, 0.15) is 104 Å². The molecule has 29 heavy (non-hydrogen) atoms. The first-order valence-electron chi connectivity index (χ1n) is 12.3. The highest BCUT2D eigenvalue weighted by Gasteiger charge is 2.58. The number of hydrogen-bond donors (Lipinski definition) is 0. The van der Waals surface area contributed by atoms with Crippen molar-refractivity contribution < 1.29 is 14.3 Å². The first-order valence-corrected chi connectivity index (χ1v) is 12.3. The third-order valence-electron chi connectivity index (χ3n) is 9.30. The lowest BCUT2D eigenvalue weighted by Gasteiger charge is -2.56. The van der Waals surface area contributed by atoms with Gasteiger partial charge in [-0.3, -0.25) is 9.59 Å². The number of rotatable bonds is 6. The molecule has 0 unspecified atom stereocenters. The SMILES string of the molecule is CCCCCCC(=O)O[C@H]1CC[C@@]2(C)C(=CC[C@@H]3[C@@H]2CC[C@]2(C)C(=O)CC[C@@H]32)C1. The molecule has 0 aliphatic heterocycles. The number of ketones is 1. The summed E-state index contributed by atoms with van der Waals surface area (Å²) in [7, 11) is 0. The van der Waals surface area contributed by atoms with Gasteiger partial charge >= 0.3 is 5.97 Å². The largest absolute Gasteiger partial charge is 0.462 e. The summed E-state index contributed by atoms with van der Waals surface area (Å²) < 4.78 is 5.88. The van der Waals surface area contributed by atoms with Gasteiger partial charge in [0.15, 0.2) is 0 Å². The standard InChI is InChI=1S/C26H40O3/c1-4-5-6-7-8-24(28)29-19-13-15-25(2)18(17-19)9-10-20-21-11-12-23(27)26(21,3)16-14-22(20)25/h9,19-22H,4-8,10-17H2,1-3H3/t19-,20-,21-,22-,25-,26-/m0/s1. The molecule has 0 amide bonds. The number of carbonyl (C=O) groups excluding carboxylic acids is 2. The molecule has 0 aromatic carbocycles. The minimum Gasteiger partial charge on any atom is -0.462 e. The van der Waals surface area contributed by atoms with Crippen molar-refractivity contribution in [1.29, 1.82) is 0 Å². The Morgan fingerprint density at radius 1 is 1.07 bits per heavy atom. The van der Waals surface area contributed by atoms with Crippen molar-refractivity contribution in [3.8, 4) is 0 Å². The predicted molar refractivity (Wildman–Crippen MR) is 115 cm³/mol. The molecule has 4 aliphatic rings. The van der Waals surface area contributed by atoms with Crippen LogP contribution in [0, 0.1) is 28.6 Å². The zero-order valence-electron chi connectivity index (χ0n) is 18.8. The second-order valence-electron chi connectivity index (χ2n) is 10.8. The minimum absolute atomic E-state index is 0.00175. The van der Waals surface area contributed by atoms with Gasteiger partial charge in [0.05, 0.1) is 0 Å². The Kier molecular flexibility index (Phi) is 5.97. The van der Waals surface area contributed by atoms with Crippen molar-refractivity contribution in [2.45, 2.75) is 110 Å². The van der Waals surface area contributed by atoms with E-state index in [1.165, 1.54) is 19.3 Å². The van der Waals surface area contributed by atoms with E-state index in [2.05, 4.69) is 26.8 Å². The third-order valence-corrected chi connectivity index (χ3v) is 9.30. The smallest absolute Gasteiger partial charge is 0.306 e. The first-order chi connectivity index (χ1) is 13.9. The summed E-state index contributed by atoms with van der Waals surface area (Å²) in [6.07, 6.45) is 16.0. The van der Waals surface area contributed by atoms with Crippen LogP contribution < -0.4 is 0 Å². The van der Waals surface area contributed by atoms with Crippen LogP contribution in [-0.2, 0) is 14.3 Å². The highest BCUT2D eigenvalue weighted by atomic mass is 16.5. The van der Waals surface area contributed by atoms with Crippen molar-refractivity contribution in [2.75, 3.05) is 0 Å². The van der Waals surface area contributed by atoms with E-state index in [0.29, 0.717) is 30.0 Å². The number of unbranched alkanes of at least 4 members (excludes halogenated alkanes) is 3. The van der Waals surface area contributed by atoms with E-state index in [1.54, 1.807) is 5.57 Å². The van der Waals surface area contributed by atoms with Gasteiger partial charge in [-0.15, -0.1) is 0 Å². The maximum Gasteiger partial charge on any atom is 0.306 e. The molecular formula is C26H40O3. The topological polar surface area (TPSA) is 43.4 Å². The summed E-state index contributed by atoms with van der Waals surface area (Å²) in [4.78, 5) is 24.8. The van der Waals surface area contributed by atoms with E-state index in [-0.39, 0.29) is 22.9 Å². The van der Waals surface area contributed by atoms with Gasteiger partial charge < -0.3 is 4.74 Å². The maximum absolute atomic E-state index is 12.6. The summed E-state index contributed by atoms with van der Waals surface area (Å²) in [5, 5.41) is 0. The summed E-state index contributed by atoms with van der Waals surface area (Å²) in [5.74, 6) is 2.49. The number of hydrogen-bond acceptors (Lipinski definition) is 3. The Hall–Kier alpha value is -1.12. The fourth-order valence-corrected chi connectivity index (χ4v) is 7.44. The lowest BCUT2D eigenvalue weighted by atomic mass is 9.48. The molecule has 0 aromatic rings. The maximum atomic E-state index is 12.6. The number of carbonyl (C=O) groups is 2. The van der Waals surface area contributed by atoms with Gasteiger partial charge in [0, 0.05) is 24.7 Å². The Morgan fingerprint density at radius 3 is 2.62 bits per heavy atom. The van der Waals surface area contributed by atoms with Crippen molar-refractivity contribution in [3.05, 3.63) is 11.6 Å². The zero-order chi connectivity index (χ0) is 20.6. The van der Waals surface area contributed by atoms with Crippen molar-refractivity contribution >= 4 is 11.8 Å². The number of fused-ring (bicyclic) bond motifs is 5. The predicted octanol–water partition coefficient (Wildman–Crippen LogP) is 6.40. The van der Waals surface area contributed by atoms with E-state index in [1.807, 2.05) is 0 Å².